The molecule has 4 heterocycles. The first-order valence-electron chi connectivity index (χ1n) is 29.1. The van der Waals surface area contributed by atoms with Gasteiger partial charge in [0.2, 0.25) is 0 Å². The molecule has 0 aliphatic carbocycles. The number of ether oxygens (including phenoxy) is 1. The second-order valence-electron chi connectivity index (χ2n) is 23.4. The second kappa shape index (κ2) is 21.7. The van der Waals surface area contributed by atoms with Gasteiger partial charge in [0.15, 0.2) is 0 Å². The predicted molar refractivity (Wildman–Crippen MR) is 343 cm³/mol. The van der Waals surface area contributed by atoms with Gasteiger partial charge in [-0.25, -0.2) is 0 Å². The van der Waals surface area contributed by atoms with Gasteiger partial charge in [0.1, 0.15) is 5.58 Å². The Hall–Kier alpha value is -8.90. The number of hydrogen-bond donors (Lipinski definition) is 0. The minimum absolute atomic E-state index is 0. The SMILES string of the molecule is Cc1ccc2ccc3c(ccc4c5cc(Oc6[c-]c(-c7nc8ccccc8n7-c7c(C(C)C)cc(-c8ccccc8)cc7C(C)C)ccc6)[c-]c(-c6nc7ccccc7n6-c6c(C(C)C)cc(-c7ccccc7)cc6C(C)C)c5oc43)c2n1.[Pt+2]. The molecule has 7 nitrogen and oxygen atoms in total. The molecule has 0 aliphatic rings. The van der Waals surface area contributed by atoms with Crippen LogP contribution in [-0.2, 0) is 21.1 Å². The molecule has 414 valence electrons. The number of benzene rings is 10. The smallest absolute Gasteiger partial charge is 0.500 e. The number of hydrogen-bond acceptors (Lipinski definition) is 5. The Kier molecular flexibility index (Phi) is 14.0. The van der Waals surface area contributed by atoms with Crippen LogP contribution in [0.25, 0.3) is 122 Å². The number of aryl methyl sites for hydroxylation is 1. The van der Waals surface area contributed by atoms with Crippen molar-refractivity contribution in [3.8, 4) is 67.9 Å². The molecule has 0 radical (unpaired) electrons. The van der Waals surface area contributed by atoms with Crippen LogP contribution in [0.2, 0.25) is 0 Å². The summed E-state index contributed by atoms with van der Waals surface area (Å²) in [5.41, 5.74) is 20.6. The minimum Gasteiger partial charge on any atom is -0.500 e. The summed E-state index contributed by atoms with van der Waals surface area (Å²) in [6, 6.07) is 76.3. The van der Waals surface area contributed by atoms with Crippen LogP contribution in [0.3, 0.4) is 0 Å². The van der Waals surface area contributed by atoms with Crippen LogP contribution in [0.1, 0.15) is 107 Å². The van der Waals surface area contributed by atoms with E-state index >= 15 is 0 Å². The number of para-hydroxylation sites is 4. The number of aromatic nitrogens is 5. The zero-order chi connectivity index (χ0) is 56.8. The Morgan fingerprint density at radius 1 is 0.417 bits per heavy atom. The van der Waals surface area contributed by atoms with E-state index in [1.807, 2.05) is 19.1 Å². The van der Waals surface area contributed by atoms with Crippen molar-refractivity contribution in [3.05, 3.63) is 234 Å². The standard InChI is InChI=1S/C76H63N5O2.Pt/c1-44(2)60-38-53(49-21-12-10-13-22-49)39-61(45(3)4)71(60)80-68-29-18-16-27-66(68)78-75(80)52-25-20-26-55(37-52)82-56-42-64-59-36-35-57-58(34-33-51-32-31-48(9)77-70(51)57)73(59)83-74(64)65(43-56)76-79-67-28-17-19-30-69(67)81(76)72-62(46(5)6)40-54(41-63(72)47(7)8)50-23-14-11-15-24-50;/h10-36,38-42,44-47H,1-9H3;/q-2;+2. The Balaban J connectivity index is 0.00000658. The van der Waals surface area contributed by atoms with Gasteiger partial charge in [-0.3, -0.25) is 15.0 Å². The van der Waals surface area contributed by atoms with Gasteiger partial charge >= 0.3 is 21.1 Å². The first-order valence-corrected chi connectivity index (χ1v) is 29.1. The molecule has 0 N–H and O–H groups in total. The normalized spacial score (nSPS) is 12.0. The van der Waals surface area contributed by atoms with E-state index < -0.39 is 0 Å². The first-order chi connectivity index (χ1) is 40.4. The van der Waals surface area contributed by atoms with Gasteiger partial charge in [-0.05, 0) is 136 Å². The minimum atomic E-state index is 0. The molecule has 8 heteroatoms. The average Bonchev–Trinajstić information content (AvgIpc) is 2.31. The van der Waals surface area contributed by atoms with Crippen LogP contribution in [0.4, 0.5) is 0 Å². The Morgan fingerprint density at radius 2 is 0.905 bits per heavy atom. The fraction of sp³-hybridized carbons (Fsp3) is 0.171. The number of furan rings is 1. The van der Waals surface area contributed by atoms with Gasteiger partial charge in [-0.15, -0.1) is 23.8 Å². The number of imidazole rings is 2. The molecule has 84 heavy (non-hydrogen) atoms. The fourth-order valence-electron chi connectivity index (χ4n) is 12.4. The maximum Gasteiger partial charge on any atom is 2.00 e. The van der Waals surface area contributed by atoms with E-state index in [1.165, 1.54) is 44.5 Å². The molecule has 0 fully saturated rings. The van der Waals surface area contributed by atoms with E-state index in [0.29, 0.717) is 28.5 Å². The van der Waals surface area contributed by atoms with Crippen molar-refractivity contribution in [1.29, 1.82) is 0 Å². The largest absolute Gasteiger partial charge is 2.00 e. The van der Waals surface area contributed by atoms with Crippen molar-refractivity contribution in [2.45, 2.75) is 86.0 Å². The summed E-state index contributed by atoms with van der Waals surface area (Å²) in [4.78, 5) is 16.0. The number of nitrogens with zero attached hydrogens (tertiary/aromatic N) is 5. The summed E-state index contributed by atoms with van der Waals surface area (Å²) in [5, 5.41) is 4.92. The van der Waals surface area contributed by atoms with Crippen molar-refractivity contribution in [1.82, 2.24) is 24.1 Å². The Labute approximate surface area is 504 Å². The van der Waals surface area contributed by atoms with E-state index in [-0.39, 0.29) is 44.7 Å². The van der Waals surface area contributed by atoms with E-state index in [1.54, 1.807) is 0 Å². The maximum absolute atomic E-state index is 7.31. The summed E-state index contributed by atoms with van der Waals surface area (Å²) in [5.74, 6) is 3.28. The molecule has 0 saturated carbocycles. The Bertz CT molecular complexity index is 4800. The van der Waals surface area contributed by atoms with Gasteiger partial charge in [0.05, 0.1) is 44.8 Å². The van der Waals surface area contributed by atoms with Gasteiger partial charge in [-0.2, -0.15) is 0 Å². The number of pyridine rings is 1. The topological polar surface area (TPSA) is 70.9 Å². The molecular weight excluding hydrogens is 1210 g/mol. The summed E-state index contributed by atoms with van der Waals surface area (Å²) >= 11 is 0. The third kappa shape index (κ3) is 9.30. The first kappa shape index (κ1) is 54.4. The predicted octanol–water partition coefficient (Wildman–Crippen LogP) is 20.8. The molecule has 0 spiro atoms. The third-order valence-electron chi connectivity index (χ3n) is 16.5. The van der Waals surface area contributed by atoms with E-state index in [2.05, 4.69) is 259 Å². The Morgan fingerprint density at radius 3 is 1.48 bits per heavy atom. The average molecular weight is 1270 g/mol. The van der Waals surface area contributed by atoms with Crippen LogP contribution in [0.15, 0.2) is 199 Å². The van der Waals surface area contributed by atoms with Crippen LogP contribution in [-0.4, -0.2) is 24.1 Å². The molecule has 14 rings (SSSR count). The van der Waals surface area contributed by atoms with Crippen molar-refractivity contribution in [3.63, 3.8) is 0 Å². The van der Waals surface area contributed by atoms with Crippen molar-refractivity contribution in [2.75, 3.05) is 0 Å². The zero-order valence-corrected chi connectivity index (χ0v) is 50.9. The summed E-state index contributed by atoms with van der Waals surface area (Å²) < 4.78 is 19.2. The van der Waals surface area contributed by atoms with Gasteiger partial charge in [0, 0.05) is 50.1 Å². The second-order valence-corrected chi connectivity index (χ2v) is 23.4. The number of fused-ring (bicyclic) bond motifs is 9. The van der Waals surface area contributed by atoms with Gasteiger partial charge in [0.25, 0.3) is 0 Å². The maximum atomic E-state index is 7.31. The molecule has 0 unspecified atom stereocenters. The molecule has 0 aliphatic heterocycles. The molecule has 4 aromatic heterocycles. The van der Waals surface area contributed by atoms with Crippen LogP contribution in [0, 0.1) is 19.1 Å². The van der Waals surface area contributed by atoms with Crippen LogP contribution >= 0.6 is 0 Å². The summed E-state index contributed by atoms with van der Waals surface area (Å²) in [6.45, 7) is 20.3. The molecule has 14 aromatic rings. The van der Waals surface area contributed by atoms with Gasteiger partial charge in [-0.1, -0.05) is 194 Å². The van der Waals surface area contributed by atoms with Crippen LogP contribution in [0.5, 0.6) is 11.5 Å². The monoisotopic (exact) mass is 1270 g/mol. The molecule has 0 bridgehead atoms. The quantitative estimate of drug-likeness (QED) is 0.0900. The van der Waals surface area contributed by atoms with Crippen molar-refractivity contribution >= 4 is 65.7 Å². The molecule has 0 atom stereocenters. The zero-order valence-electron chi connectivity index (χ0n) is 48.7. The van der Waals surface area contributed by atoms with Gasteiger partial charge < -0.3 is 18.3 Å². The van der Waals surface area contributed by atoms with E-state index in [4.69, 9.17) is 24.1 Å². The molecule has 10 aromatic carbocycles. The summed E-state index contributed by atoms with van der Waals surface area (Å²) in [7, 11) is 0. The fourth-order valence-corrected chi connectivity index (χ4v) is 12.4. The van der Waals surface area contributed by atoms with E-state index in [9.17, 15) is 0 Å². The molecule has 0 saturated heterocycles. The summed E-state index contributed by atoms with van der Waals surface area (Å²) in [6.07, 6.45) is 0. The molecule has 0 amide bonds. The molecular formula is C76H63N5O2Pt. The van der Waals surface area contributed by atoms with E-state index in [0.717, 1.165) is 88.6 Å². The van der Waals surface area contributed by atoms with Crippen LogP contribution < -0.4 is 4.74 Å². The number of rotatable bonds is 12. The van der Waals surface area contributed by atoms with Crippen molar-refractivity contribution in [2.24, 2.45) is 0 Å². The van der Waals surface area contributed by atoms with Crippen molar-refractivity contribution < 1.29 is 30.2 Å². The third-order valence-corrected chi connectivity index (χ3v) is 16.5.